The molecule has 0 unspecified atom stereocenters. The molecule has 0 bridgehead atoms. The van der Waals surface area contributed by atoms with E-state index in [-0.39, 0.29) is 12.2 Å². The molecule has 0 aliphatic heterocycles. The standard InChI is InChI=1S/C24H21BrN4O4/c1-28(2)9-8-22(30)21-11-17-6-7-20(12-23(17)33-24(21)31)32-15-19-14-29(27-26-19)13-16-4-3-5-18(25)10-16/h3-12,14H,13,15H2,1-2H3/b9-8+. The van der Waals surface area contributed by atoms with E-state index < -0.39 is 11.4 Å². The molecule has 0 aliphatic carbocycles. The van der Waals surface area contributed by atoms with Crippen molar-refractivity contribution in [3.63, 3.8) is 0 Å². The highest BCUT2D eigenvalue weighted by Gasteiger charge is 2.12. The summed E-state index contributed by atoms with van der Waals surface area (Å²) < 4.78 is 13.9. The Bertz CT molecular complexity index is 1390. The minimum atomic E-state index is -0.691. The van der Waals surface area contributed by atoms with Crippen LogP contribution in [0.5, 0.6) is 5.75 Å². The van der Waals surface area contributed by atoms with Crippen LogP contribution in [-0.4, -0.2) is 39.8 Å². The third-order valence-electron chi connectivity index (χ3n) is 4.70. The summed E-state index contributed by atoms with van der Waals surface area (Å²) in [5.41, 5.74) is 1.39. The van der Waals surface area contributed by atoms with Crippen LogP contribution in [0.1, 0.15) is 21.6 Å². The average Bonchev–Trinajstić information content (AvgIpc) is 3.22. The van der Waals surface area contributed by atoms with Crippen LogP contribution in [0.15, 0.2) is 80.7 Å². The summed E-state index contributed by atoms with van der Waals surface area (Å²) in [6.45, 7) is 0.804. The molecule has 0 radical (unpaired) electrons. The van der Waals surface area contributed by atoms with E-state index in [4.69, 9.17) is 9.15 Å². The molecule has 168 valence electrons. The summed E-state index contributed by atoms with van der Waals surface area (Å²) in [5, 5.41) is 8.91. The molecule has 0 saturated heterocycles. The minimum Gasteiger partial charge on any atom is -0.487 e. The zero-order valence-corrected chi connectivity index (χ0v) is 19.7. The van der Waals surface area contributed by atoms with Crippen LogP contribution in [0.4, 0.5) is 0 Å². The largest absolute Gasteiger partial charge is 0.487 e. The summed E-state index contributed by atoms with van der Waals surface area (Å²) in [7, 11) is 3.58. The number of fused-ring (bicyclic) bond motifs is 1. The van der Waals surface area contributed by atoms with Crippen LogP contribution < -0.4 is 10.4 Å². The highest BCUT2D eigenvalue weighted by molar-refractivity contribution is 9.10. The second kappa shape index (κ2) is 9.83. The molecule has 4 rings (SSSR count). The highest BCUT2D eigenvalue weighted by atomic mass is 79.9. The number of halogens is 1. The maximum absolute atomic E-state index is 12.3. The fourth-order valence-corrected chi connectivity index (χ4v) is 3.57. The number of ether oxygens (including phenoxy) is 1. The number of hydrogen-bond acceptors (Lipinski definition) is 7. The van der Waals surface area contributed by atoms with E-state index in [0.717, 1.165) is 10.0 Å². The Morgan fingerprint density at radius 2 is 2.06 bits per heavy atom. The monoisotopic (exact) mass is 508 g/mol. The third kappa shape index (κ3) is 5.75. The summed E-state index contributed by atoms with van der Waals surface area (Å²) in [4.78, 5) is 26.3. The molecule has 2 heterocycles. The summed E-state index contributed by atoms with van der Waals surface area (Å²) in [5.74, 6) is 0.101. The van der Waals surface area contributed by atoms with Gasteiger partial charge in [-0.3, -0.25) is 4.79 Å². The van der Waals surface area contributed by atoms with E-state index >= 15 is 0 Å². The first-order valence-electron chi connectivity index (χ1n) is 10.1. The van der Waals surface area contributed by atoms with Crippen LogP contribution in [0.25, 0.3) is 11.0 Å². The van der Waals surface area contributed by atoms with Crippen LogP contribution in [0, 0.1) is 0 Å². The molecule has 4 aromatic rings. The van der Waals surface area contributed by atoms with Gasteiger partial charge in [-0.2, -0.15) is 0 Å². The normalized spacial score (nSPS) is 11.2. The van der Waals surface area contributed by atoms with Crippen molar-refractivity contribution in [2.45, 2.75) is 13.2 Å². The number of carbonyl (C=O) groups excluding carboxylic acids is 1. The first kappa shape index (κ1) is 22.5. The smallest absolute Gasteiger partial charge is 0.347 e. The molecule has 0 atom stereocenters. The third-order valence-corrected chi connectivity index (χ3v) is 5.20. The Hall–Kier alpha value is -3.72. The number of carbonyl (C=O) groups is 1. The molecule has 0 aliphatic rings. The first-order valence-corrected chi connectivity index (χ1v) is 10.9. The fourth-order valence-electron chi connectivity index (χ4n) is 3.12. The number of allylic oxidation sites excluding steroid dienone is 1. The summed E-state index contributed by atoms with van der Waals surface area (Å²) in [6, 6.07) is 14.6. The van der Waals surface area contributed by atoms with Gasteiger partial charge in [-0.1, -0.05) is 33.3 Å². The van der Waals surface area contributed by atoms with Crippen molar-refractivity contribution in [2.24, 2.45) is 0 Å². The van der Waals surface area contributed by atoms with Gasteiger partial charge in [-0.05, 0) is 35.9 Å². The lowest BCUT2D eigenvalue weighted by atomic mass is 10.1. The zero-order valence-electron chi connectivity index (χ0n) is 18.1. The van der Waals surface area contributed by atoms with Gasteiger partial charge in [0.05, 0.1) is 12.7 Å². The van der Waals surface area contributed by atoms with Crippen molar-refractivity contribution < 1.29 is 13.9 Å². The maximum atomic E-state index is 12.3. The lowest BCUT2D eigenvalue weighted by Gasteiger charge is -2.06. The lowest BCUT2D eigenvalue weighted by Crippen LogP contribution is -2.13. The van der Waals surface area contributed by atoms with Crippen molar-refractivity contribution in [1.29, 1.82) is 0 Å². The molecule has 2 aromatic carbocycles. The molecular weight excluding hydrogens is 488 g/mol. The Morgan fingerprint density at radius 3 is 2.85 bits per heavy atom. The Kier molecular flexibility index (Phi) is 6.69. The average molecular weight is 509 g/mol. The van der Waals surface area contributed by atoms with Crippen LogP contribution in [-0.2, 0) is 13.2 Å². The van der Waals surface area contributed by atoms with Crippen molar-refractivity contribution in [1.82, 2.24) is 19.9 Å². The van der Waals surface area contributed by atoms with Gasteiger partial charge in [0.2, 0.25) is 0 Å². The zero-order chi connectivity index (χ0) is 23.4. The van der Waals surface area contributed by atoms with Gasteiger partial charge in [0.15, 0.2) is 5.78 Å². The quantitative estimate of drug-likeness (QED) is 0.201. The molecule has 0 spiro atoms. The summed E-state index contributed by atoms with van der Waals surface area (Å²) in [6.07, 6.45) is 4.73. The van der Waals surface area contributed by atoms with Gasteiger partial charge in [-0.15, -0.1) is 5.10 Å². The number of benzene rings is 2. The fraction of sp³-hybridized carbons (Fsp3) is 0.167. The molecule has 8 nitrogen and oxygen atoms in total. The lowest BCUT2D eigenvalue weighted by molar-refractivity contribution is 0.104. The molecule has 33 heavy (non-hydrogen) atoms. The topological polar surface area (TPSA) is 90.5 Å². The Morgan fingerprint density at radius 1 is 1.21 bits per heavy atom. The van der Waals surface area contributed by atoms with Gasteiger partial charge in [0, 0.05) is 42.3 Å². The number of ketones is 1. The van der Waals surface area contributed by atoms with Gasteiger partial charge in [-0.25, -0.2) is 9.48 Å². The Balaban J connectivity index is 1.44. The first-order chi connectivity index (χ1) is 15.9. The molecule has 0 saturated carbocycles. The molecule has 2 aromatic heterocycles. The van der Waals surface area contributed by atoms with E-state index in [1.54, 1.807) is 48.1 Å². The van der Waals surface area contributed by atoms with E-state index in [1.807, 2.05) is 30.5 Å². The van der Waals surface area contributed by atoms with E-state index in [9.17, 15) is 9.59 Å². The van der Waals surface area contributed by atoms with Crippen molar-refractivity contribution in [3.05, 3.63) is 98.7 Å². The van der Waals surface area contributed by atoms with Crippen molar-refractivity contribution in [3.8, 4) is 5.75 Å². The van der Waals surface area contributed by atoms with E-state index in [0.29, 0.717) is 29.0 Å². The van der Waals surface area contributed by atoms with E-state index in [1.165, 1.54) is 12.1 Å². The minimum absolute atomic E-state index is 0.0173. The maximum Gasteiger partial charge on any atom is 0.347 e. The van der Waals surface area contributed by atoms with E-state index in [2.05, 4.69) is 26.2 Å². The van der Waals surface area contributed by atoms with Gasteiger partial charge in [0.25, 0.3) is 0 Å². The second-order valence-electron chi connectivity index (χ2n) is 7.62. The van der Waals surface area contributed by atoms with Crippen LogP contribution >= 0.6 is 15.9 Å². The van der Waals surface area contributed by atoms with Gasteiger partial charge in [0.1, 0.15) is 29.2 Å². The number of rotatable bonds is 8. The predicted molar refractivity (Wildman–Crippen MR) is 127 cm³/mol. The second-order valence-corrected chi connectivity index (χ2v) is 8.53. The van der Waals surface area contributed by atoms with Gasteiger partial charge >= 0.3 is 5.63 Å². The van der Waals surface area contributed by atoms with Crippen LogP contribution in [0.3, 0.4) is 0 Å². The molecule has 0 N–H and O–H groups in total. The molecule has 0 amide bonds. The number of aromatic nitrogens is 3. The molecule has 9 heteroatoms. The van der Waals surface area contributed by atoms with Crippen molar-refractivity contribution >= 4 is 32.7 Å². The molecule has 0 fully saturated rings. The van der Waals surface area contributed by atoms with Crippen LogP contribution in [0.2, 0.25) is 0 Å². The molecular formula is C24H21BrN4O4. The predicted octanol–water partition coefficient (Wildman–Crippen LogP) is 4.03. The SMILES string of the molecule is CN(C)/C=C/C(=O)c1cc2ccc(OCc3cn(Cc4cccc(Br)c4)nn3)cc2oc1=O. The number of hydrogen-bond donors (Lipinski definition) is 0. The van der Waals surface area contributed by atoms with Crippen molar-refractivity contribution in [2.75, 3.05) is 14.1 Å². The Labute approximate surface area is 198 Å². The highest BCUT2D eigenvalue weighted by Crippen LogP contribution is 2.21. The summed E-state index contributed by atoms with van der Waals surface area (Å²) >= 11 is 3.46. The van der Waals surface area contributed by atoms with Gasteiger partial charge < -0.3 is 14.1 Å². The number of nitrogens with zero attached hydrogens (tertiary/aromatic N) is 4.